The molecule has 0 fully saturated rings. The third-order valence-corrected chi connectivity index (χ3v) is 4.43. The SMILES string of the molecule is CCCCCCCC=[N+]([O-])CC(C)CCCCCCCCC. The first-order chi connectivity index (χ1) is 10.7. The summed E-state index contributed by atoms with van der Waals surface area (Å²) in [6.45, 7) is 7.40. The van der Waals surface area contributed by atoms with Crippen LogP contribution in [-0.4, -0.2) is 17.5 Å². The molecule has 0 aliphatic heterocycles. The zero-order chi connectivity index (χ0) is 16.5. The van der Waals surface area contributed by atoms with Crippen LogP contribution in [0.3, 0.4) is 0 Å². The maximum atomic E-state index is 11.8. The zero-order valence-corrected chi connectivity index (χ0v) is 15.6. The highest BCUT2D eigenvalue weighted by Gasteiger charge is 2.06. The van der Waals surface area contributed by atoms with E-state index in [1.54, 1.807) is 0 Å². The van der Waals surface area contributed by atoms with Crippen molar-refractivity contribution in [1.82, 2.24) is 0 Å². The molecule has 22 heavy (non-hydrogen) atoms. The van der Waals surface area contributed by atoms with Crippen LogP contribution in [-0.2, 0) is 0 Å². The van der Waals surface area contributed by atoms with Gasteiger partial charge < -0.3 is 5.21 Å². The van der Waals surface area contributed by atoms with E-state index in [2.05, 4.69) is 20.8 Å². The van der Waals surface area contributed by atoms with Crippen LogP contribution < -0.4 is 0 Å². The van der Waals surface area contributed by atoms with Crippen molar-refractivity contribution in [2.24, 2.45) is 5.92 Å². The number of rotatable bonds is 16. The molecule has 0 spiro atoms. The Bertz CT molecular complexity index is 250. The summed E-state index contributed by atoms with van der Waals surface area (Å²) in [6.07, 6.45) is 19.9. The Morgan fingerprint density at radius 1 is 0.773 bits per heavy atom. The first kappa shape index (κ1) is 21.5. The van der Waals surface area contributed by atoms with Crippen molar-refractivity contribution in [3.05, 3.63) is 5.21 Å². The van der Waals surface area contributed by atoms with E-state index in [-0.39, 0.29) is 0 Å². The minimum Gasteiger partial charge on any atom is -0.624 e. The molecule has 0 bridgehead atoms. The van der Waals surface area contributed by atoms with Crippen LogP contribution in [0.15, 0.2) is 0 Å². The van der Waals surface area contributed by atoms with Crippen LogP contribution in [0.25, 0.3) is 0 Å². The molecule has 2 heteroatoms. The fourth-order valence-electron chi connectivity index (χ4n) is 2.91. The minimum atomic E-state index is 0.532. The number of nitrogens with zero attached hydrogens (tertiary/aromatic N) is 1. The summed E-state index contributed by atoms with van der Waals surface area (Å²) in [5.74, 6) is 0.532. The molecule has 0 rings (SSSR count). The summed E-state index contributed by atoms with van der Waals surface area (Å²) in [4.78, 5) is 0. The largest absolute Gasteiger partial charge is 0.624 e. The molecule has 0 radical (unpaired) electrons. The molecule has 132 valence electrons. The number of hydrogen-bond donors (Lipinski definition) is 0. The first-order valence-electron chi connectivity index (χ1n) is 9.97. The van der Waals surface area contributed by atoms with Gasteiger partial charge in [-0.15, -0.1) is 0 Å². The van der Waals surface area contributed by atoms with Gasteiger partial charge in [0.15, 0.2) is 12.8 Å². The van der Waals surface area contributed by atoms with Crippen molar-refractivity contribution in [3.8, 4) is 0 Å². The second-order valence-electron chi connectivity index (χ2n) is 7.00. The summed E-state index contributed by atoms with van der Waals surface area (Å²) in [7, 11) is 0. The second-order valence-corrected chi connectivity index (χ2v) is 7.00. The molecule has 1 unspecified atom stereocenters. The average Bonchev–Trinajstić information content (AvgIpc) is 2.50. The van der Waals surface area contributed by atoms with E-state index in [9.17, 15) is 5.21 Å². The van der Waals surface area contributed by atoms with Gasteiger partial charge in [-0.1, -0.05) is 91.4 Å². The van der Waals surface area contributed by atoms with E-state index < -0.39 is 0 Å². The molecule has 0 saturated heterocycles. The lowest BCUT2D eigenvalue weighted by atomic mass is 10.0. The van der Waals surface area contributed by atoms with Gasteiger partial charge in [0.1, 0.15) is 0 Å². The van der Waals surface area contributed by atoms with Crippen LogP contribution >= 0.6 is 0 Å². The Balaban J connectivity index is 3.46. The van der Waals surface area contributed by atoms with Gasteiger partial charge in [-0.2, -0.15) is 0 Å². The molecule has 0 aliphatic rings. The molecule has 0 N–H and O–H groups in total. The topological polar surface area (TPSA) is 26.1 Å². The van der Waals surface area contributed by atoms with E-state index in [0.29, 0.717) is 12.5 Å². The van der Waals surface area contributed by atoms with Crippen molar-refractivity contribution >= 4 is 6.21 Å². The van der Waals surface area contributed by atoms with E-state index >= 15 is 0 Å². The highest BCUT2D eigenvalue weighted by Crippen LogP contribution is 2.12. The molecule has 0 aromatic carbocycles. The van der Waals surface area contributed by atoms with Crippen LogP contribution in [0.1, 0.15) is 111 Å². The minimum absolute atomic E-state index is 0.532. The van der Waals surface area contributed by atoms with Crippen molar-refractivity contribution < 1.29 is 4.74 Å². The van der Waals surface area contributed by atoms with Crippen molar-refractivity contribution in [2.45, 2.75) is 111 Å². The van der Waals surface area contributed by atoms with Gasteiger partial charge in [0.25, 0.3) is 0 Å². The van der Waals surface area contributed by atoms with Crippen LogP contribution in [0.2, 0.25) is 0 Å². The van der Waals surface area contributed by atoms with Crippen molar-refractivity contribution in [1.29, 1.82) is 0 Å². The molecular formula is C20H41NO. The zero-order valence-electron chi connectivity index (χ0n) is 15.6. The quantitative estimate of drug-likeness (QED) is 0.102. The fourth-order valence-corrected chi connectivity index (χ4v) is 2.91. The molecule has 0 aliphatic carbocycles. The van der Waals surface area contributed by atoms with E-state index in [1.165, 1.54) is 88.2 Å². The van der Waals surface area contributed by atoms with Gasteiger partial charge in [0, 0.05) is 12.3 Å². The van der Waals surface area contributed by atoms with E-state index in [0.717, 1.165) is 6.42 Å². The van der Waals surface area contributed by atoms with Gasteiger partial charge in [-0.3, -0.25) is 0 Å². The van der Waals surface area contributed by atoms with Crippen LogP contribution in [0.4, 0.5) is 0 Å². The fraction of sp³-hybridized carbons (Fsp3) is 0.950. The monoisotopic (exact) mass is 311 g/mol. The van der Waals surface area contributed by atoms with Gasteiger partial charge in [-0.05, 0) is 12.8 Å². The lowest BCUT2D eigenvalue weighted by Gasteiger charge is -2.11. The molecule has 2 nitrogen and oxygen atoms in total. The Morgan fingerprint density at radius 3 is 1.86 bits per heavy atom. The van der Waals surface area contributed by atoms with Gasteiger partial charge in [0.05, 0.1) is 0 Å². The Labute approximate surface area is 140 Å². The Kier molecular flexibility index (Phi) is 16.4. The van der Waals surface area contributed by atoms with Crippen LogP contribution in [0, 0.1) is 11.1 Å². The summed E-state index contributed by atoms with van der Waals surface area (Å²) < 4.78 is 1.19. The Hall–Kier alpha value is -0.530. The molecule has 0 aromatic rings. The second kappa shape index (κ2) is 16.8. The van der Waals surface area contributed by atoms with Gasteiger partial charge in [0.2, 0.25) is 0 Å². The average molecular weight is 312 g/mol. The summed E-state index contributed by atoms with van der Waals surface area (Å²) in [5.41, 5.74) is 0. The highest BCUT2D eigenvalue weighted by atomic mass is 16.5. The summed E-state index contributed by atoms with van der Waals surface area (Å²) in [5, 5.41) is 11.8. The molecule has 0 heterocycles. The standard InChI is InChI=1S/C20H41NO/c1-4-6-8-10-12-13-15-17-20(3)19-21(22)18-16-14-11-9-7-5-2/h18,20H,4-17,19H2,1-3H3. The smallest absolute Gasteiger partial charge is 0.155 e. The third kappa shape index (κ3) is 15.9. The predicted octanol–water partition coefficient (Wildman–Crippen LogP) is 6.70. The first-order valence-corrected chi connectivity index (χ1v) is 9.97. The Morgan fingerprint density at radius 2 is 1.27 bits per heavy atom. The molecule has 0 aromatic heterocycles. The lowest BCUT2D eigenvalue weighted by Crippen LogP contribution is -2.14. The van der Waals surface area contributed by atoms with E-state index in [1.807, 2.05) is 6.21 Å². The third-order valence-electron chi connectivity index (χ3n) is 4.43. The number of hydroxylamine groups is 1. The number of unbranched alkanes of at least 4 members (excludes halogenated alkanes) is 11. The predicted molar refractivity (Wildman–Crippen MR) is 99.7 cm³/mol. The summed E-state index contributed by atoms with van der Waals surface area (Å²) >= 11 is 0. The van der Waals surface area contributed by atoms with Gasteiger partial charge >= 0.3 is 0 Å². The molecular weight excluding hydrogens is 270 g/mol. The highest BCUT2D eigenvalue weighted by molar-refractivity contribution is 5.51. The maximum absolute atomic E-state index is 11.8. The number of hydrogen-bond acceptors (Lipinski definition) is 1. The molecule has 0 saturated carbocycles. The van der Waals surface area contributed by atoms with Crippen molar-refractivity contribution in [3.63, 3.8) is 0 Å². The van der Waals surface area contributed by atoms with Crippen LogP contribution in [0.5, 0.6) is 0 Å². The van der Waals surface area contributed by atoms with E-state index in [4.69, 9.17) is 0 Å². The van der Waals surface area contributed by atoms with Gasteiger partial charge in [-0.25, -0.2) is 4.74 Å². The lowest BCUT2D eigenvalue weighted by molar-refractivity contribution is -0.462. The maximum Gasteiger partial charge on any atom is 0.155 e. The molecule has 1 atom stereocenters. The summed E-state index contributed by atoms with van der Waals surface area (Å²) in [6, 6.07) is 0. The normalized spacial score (nSPS) is 13.5. The molecule has 0 amide bonds. The van der Waals surface area contributed by atoms with Crippen molar-refractivity contribution in [2.75, 3.05) is 6.54 Å².